The van der Waals surface area contributed by atoms with Gasteiger partial charge in [0.25, 0.3) is 0 Å². The number of aliphatic hydroxyl groups is 1. The summed E-state index contributed by atoms with van der Waals surface area (Å²) in [7, 11) is 1.63. The summed E-state index contributed by atoms with van der Waals surface area (Å²) in [4.78, 5) is 0. The van der Waals surface area contributed by atoms with E-state index >= 15 is 0 Å². The second-order valence-electron chi connectivity index (χ2n) is 7.74. The van der Waals surface area contributed by atoms with Crippen molar-refractivity contribution in [3.8, 4) is 0 Å². The standard InChI is InChI=1S/C10H17O3.3C4H9.Sn/c1-5-10(11)9(3)8(2)6-13-7-12-4;3*1-3-4-2;/h10-11H,1,6-7H2,2-4H3;3*1,3-4H2,2H3;/b9-8+;;;;. The van der Waals surface area contributed by atoms with Crippen molar-refractivity contribution in [1.82, 2.24) is 0 Å². The predicted molar refractivity (Wildman–Crippen MR) is 116 cm³/mol. The van der Waals surface area contributed by atoms with E-state index in [1.54, 1.807) is 7.11 Å². The third kappa shape index (κ3) is 8.90. The minimum absolute atomic E-state index is 0.286. The van der Waals surface area contributed by atoms with Crippen molar-refractivity contribution in [2.24, 2.45) is 0 Å². The Labute approximate surface area is 167 Å². The van der Waals surface area contributed by atoms with Gasteiger partial charge in [0.15, 0.2) is 0 Å². The molecule has 0 rings (SSSR count). The first kappa shape index (κ1) is 26.2. The molecule has 0 saturated heterocycles. The maximum absolute atomic E-state index is 11.2. The van der Waals surface area contributed by atoms with Crippen LogP contribution in [0.1, 0.15) is 73.1 Å². The Bertz CT molecular complexity index is 396. The molecule has 0 heterocycles. The molecule has 0 aliphatic heterocycles. The van der Waals surface area contributed by atoms with Crippen LogP contribution in [0.15, 0.2) is 21.3 Å². The van der Waals surface area contributed by atoms with Crippen molar-refractivity contribution >= 4 is 18.4 Å². The fraction of sp³-hybridized carbons (Fsp3) is 0.818. The van der Waals surface area contributed by atoms with E-state index in [0.717, 1.165) is 11.1 Å². The minimum atomic E-state index is -2.62. The molecule has 1 unspecified atom stereocenters. The Morgan fingerprint density at radius 3 is 1.81 bits per heavy atom. The molecule has 0 aromatic rings. The fourth-order valence-electron chi connectivity index (χ4n) is 3.58. The van der Waals surface area contributed by atoms with Crippen LogP contribution in [0.25, 0.3) is 0 Å². The van der Waals surface area contributed by atoms with Crippen molar-refractivity contribution in [3.63, 3.8) is 0 Å². The molecule has 3 nitrogen and oxygen atoms in total. The van der Waals surface area contributed by atoms with Gasteiger partial charge >= 0.3 is 167 Å². The van der Waals surface area contributed by atoms with Gasteiger partial charge in [0, 0.05) is 0 Å². The molecule has 4 heteroatoms. The third-order valence-corrected chi connectivity index (χ3v) is 21.5. The summed E-state index contributed by atoms with van der Waals surface area (Å²) in [5.74, 6) is 0. The van der Waals surface area contributed by atoms with Crippen molar-refractivity contribution < 1.29 is 14.6 Å². The molecule has 0 aliphatic rings. The van der Waals surface area contributed by atoms with Gasteiger partial charge in [-0.05, 0) is 0 Å². The van der Waals surface area contributed by atoms with Gasteiger partial charge in [-0.2, -0.15) is 0 Å². The van der Waals surface area contributed by atoms with Crippen LogP contribution in [-0.4, -0.2) is 50.1 Å². The number of aliphatic hydroxyl groups excluding tert-OH is 1. The first-order chi connectivity index (χ1) is 12.4. The first-order valence-electron chi connectivity index (χ1n) is 10.5. The van der Waals surface area contributed by atoms with Gasteiger partial charge in [0.05, 0.1) is 0 Å². The molecular formula is C22H44O3Sn. The van der Waals surface area contributed by atoms with E-state index in [0.29, 0.717) is 6.61 Å². The van der Waals surface area contributed by atoms with Crippen LogP contribution < -0.4 is 0 Å². The average Bonchev–Trinajstić information content (AvgIpc) is 2.66. The normalized spacial score (nSPS) is 14.3. The molecule has 0 amide bonds. The van der Waals surface area contributed by atoms with Gasteiger partial charge in [0.1, 0.15) is 0 Å². The monoisotopic (exact) mass is 476 g/mol. The van der Waals surface area contributed by atoms with E-state index in [2.05, 4.69) is 27.4 Å². The van der Waals surface area contributed by atoms with Crippen molar-refractivity contribution in [1.29, 1.82) is 0 Å². The molecular weight excluding hydrogens is 431 g/mol. The molecule has 0 aromatic heterocycles. The molecule has 0 bridgehead atoms. The van der Waals surface area contributed by atoms with Crippen LogP contribution in [0.5, 0.6) is 0 Å². The summed E-state index contributed by atoms with van der Waals surface area (Å²) < 4.78 is 15.7. The molecule has 0 radical (unpaired) electrons. The van der Waals surface area contributed by atoms with Crippen LogP contribution in [0.3, 0.4) is 0 Å². The topological polar surface area (TPSA) is 38.7 Å². The van der Waals surface area contributed by atoms with Crippen molar-refractivity contribution in [2.75, 3.05) is 20.5 Å². The van der Waals surface area contributed by atoms with E-state index in [-0.39, 0.29) is 6.79 Å². The Morgan fingerprint density at radius 2 is 1.42 bits per heavy atom. The van der Waals surface area contributed by atoms with Crippen LogP contribution in [0.4, 0.5) is 0 Å². The van der Waals surface area contributed by atoms with Gasteiger partial charge in [-0.25, -0.2) is 0 Å². The summed E-state index contributed by atoms with van der Waals surface area (Å²) in [6.07, 6.45) is 7.06. The van der Waals surface area contributed by atoms with E-state index < -0.39 is 24.5 Å². The molecule has 0 fully saturated rings. The van der Waals surface area contributed by atoms with E-state index in [4.69, 9.17) is 9.47 Å². The second kappa shape index (κ2) is 15.1. The van der Waals surface area contributed by atoms with E-state index in [9.17, 15) is 5.11 Å². The van der Waals surface area contributed by atoms with Crippen LogP contribution in [-0.2, 0) is 9.47 Å². The van der Waals surface area contributed by atoms with Gasteiger partial charge in [-0.1, -0.05) is 0 Å². The SMILES string of the molecule is C=[C](C(O)/C(C)=C(\C)COCOC)[Sn]([CH2]CCC)([CH2]CCC)[CH2]CCC. The number of ether oxygens (including phenoxy) is 2. The second-order valence-corrected chi connectivity index (χ2v) is 21.2. The van der Waals surface area contributed by atoms with Crippen molar-refractivity contribution in [3.05, 3.63) is 21.3 Å². The summed E-state index contributed by atoms with van der Waals surface area (Å²) in [5, 5.41) is 11.2. The number of hydrogen-bond acceptors (Lipinski definition) is 3. The first-order valence-corrected chi connectivity index (χ1v) is 18.0. The number of methoxy groups -OCH3 is 1. The average molecular weight is 475 g/mol. The predicted octanol–water partition coefficient (Wildman–Crippen LogP) is 6.25. The van der Waals surface area contributed by atoms with Gasteiger partial charge < -0.3 is 0 Å². The van der Waals surface area contributed by atoms with Crippen LogP contribution in [0.2, 0.25) is 13.3 Å². The maximum atomic E-state index is 11.2. The zero-order valence-electron chi connectivity index (χ0n) is 18.3. The molecule has 0 spiro atoms. The Hall–Kier alpha value is 0.159. The van der Waals surface area contributed by atoms with E-state index in [1.165, 1.54) is 55.4 Å². The fourth-order valence-corrected chi connectivity index (χ4v) is 19.6. The Morgan fingerprint density at radius 1 is 0.962 bits per heavy atom. The molecule has 154 valence electrons. The quantitative estimate of drug-likeness (QED) is 0.124. The molecule has 1 N–H and O–H groups in total. The molecule has 26 heavy (non-hydrogen) atoms. The summed E-state index contributed by atoms with van der Waals surface area (Å²) in [6.45, 7) is 16.2. The Balaban J connectivity index is 5.46. The summed E-state index contributed by atoms with van der Waals surface area (Å²) in [5.41, 5.74) is 2.12. The molecule has 0 saturated carbocycles. The molecule has 1 atom stereocenters. The number of unbranched alkanes of at least 4 members (excludes halogenated alkanes) is 3. The molecule has 0 aromatic carbocycles. The third-order valence-electron chi connectivity index (χ3n) is 5.64. The summed E-state index contributed by atoms with van der Waals surface area (Å²) in [6, 6.07) is 0. The number of rotatable bonds is 16. The van der Waals surface area contributed by atoms with Gasteiger partial charge in [-0.15, -0.1) is 0 Å². The van der Waals surface area contributed by atoms with Gasteiger partial charge in [0.2, 0.25) is 0 Å². The number of hydrogen-bond donors (Lipinski definition) is 1. The van der Waals surface area contributed by atoms with Gasteiger partial charge in [-0.3, -0.25) is 0 Å². The van der Waals surface area contributed by atoms with Crippen LogP contribution >= 0.6 is 0 Å². The molecule has 0 aliphatic carbocycles. The van der Waals surface area contributed by atoms with Crippen LogP contribution in [0, 0.1) is 0 Å². The summed E-state index contributed by atoms with van der Waals surface area (Å²) >= 11 is -2.62. The zero-order valence-corrected chi connectivity index (χ0v) is 21.2. The Kier molecular flexibility index (Phi) is 15.2. The van der Waals surface area contributed by atoms with E-state index in [1.807, 2.05) is 13.8 Å². The van der Waals surface area contributed by atoms with Crippen molar-refractivity contribution in [2.45, 2.75) is 92.6 Å². The zero-order chi connectivity index (χ0) is 20.0.